The molecule has 2 aromatic rings. The number of pyridine rings is 1. The van der Waals surface area contributed by atoms with E-state index in [1.54, 1.807) is 18.9 Å². The average Bonchev–Trinajstić information content (AvgIpc) is 2.91. The lowest BCUT2D eigenvalue weighted by atomic mass is 9.97. The van der Waals surface area contributed by atoms with Crippen LogP contribution in [0.1, 0.15) is 18.0 Å². The Morgan fingerprint density at radius 2 is 2.38 bits per heavy atom. The smallest absolute Gasteiger partial charge is 0.137 e. The first-order valence-corrected chi connectivity index (χ1v) is 8.43. The van der Waals surface area contributed by atoms with Crippen LogP contribution in [0, 0.1) is 0 Å². The van der Waals surface area contributed by atoms with Crippen LogP contribution < -0.4 is 0 Å². The molecule has 0 fully saturated rings. The van der Waals surface area contributed by atoms with Gasteiger partial charge in [0.2, 0.25) is 0 Å². The summed E-state index contributed by atoms with van der Waals surface area (Å²) < 4.78 is 7.40. The van der Waals surface area contributed by atoms with Gasteiger partial charge in [-0.1, -0.05) is 12.1 Å². The molecule has 0 saturated carbocycles. The summed E-state index contributed by atoms with van der Waals surface area (Å²) in [5.41, 5.74) is 2.11. The molecule has 2 heterocycles. The van der Waals surface area contributed by atoms with E-state index in [2.05, 4.69) is 22.7 Å². The van der Waals surface area contributed by atoms with E-state index in [0.29, 0.717) is 11.8 Å². The maximum absolute atomic E-state index is 5.86. The number of halogens is 1. The number of fused-ring (bicyclic) bond motifs is 1. The van der Waals surface area contributed by atoms with Crippen LogP contribution in [-0.4, -0.2) is 28.1 Å². The Balaban J connectivity index is 1.98. The predicted molar refractivity (Wildman–Crippen MR) is 88.2 cm³/mol. The molecule has 0 N–H and O–H groups in total. The van der Waals surface area contributed by atoms with Gasteiger partial charge in [0.15, 0.2) is 0 Å². The molecule has 0 amide bonds. The van der Waals surface area contributed by atoms with Gasteiger partial charge in [-0.2, -0.15) is 0 Å². The summed E-state index contributed by atoms with van der Waals surface area (Å²) in [4.78, 5) is 4.82. The predicted octanol–water partition coefficient (Wildman–Crippen LogP) is 4.24. The molecule has 0 aromatic carbocycles. The van der Waals surface area contributed by atoms with E-state index in [1.807, 2.05) is 24.3 Å². The number of methoxy groups -OCH3 is 1. The molecular formula is C16H17ClN2OS. The number of aromatic nitrogens is 2. The van der Waals surface area contributed by atoms with Crippen LogP contribution in [0.2, 0.25) is 0 Å². The lowest BCUT2D eigenvalue weighted by Crippen LogP contribution is -2.02. The molecule has 0 bridgehead atoms. The van der Waals surface area contributed by atoms with Gasteiger partial charge >= 0.3 is 0 Å². The van der Waals surface area contributed by atoms with E-state index in [1.165, 1.54) is 5.03 Å². The van der Waals surface area contributed by atoms with E-state index in [0.717, 1.165) is 29.3 Å². The summed E-state index contributed by atoms with van der Waals surface area (Å²) in [6.45, 7) is 0. The maximum Gasteiger partial charge on any atom is 0.137 e. The number of nitrogens with zero attached hydrogens (tertiary/aromatic N) is 2. The molecule has 1 unspecified atom stereocenters. The molecule has 0 aliphatic heterocycles. The average molecular weight is 321 g/mol. The van der Waals surface area contributed by atoms with E-state index >= 15 is 0 Å². The summed E-state index contributed by atoms with van der Waals surface area (Å²) in [6, 6.07) is 6.09. The molecule has 0 radical (unpaired) electrons. The third-order valence-corrected chi connectivity index (χ3v) is 4.98. The van der Waals surface area contributed by atoms with Crippen LogP contribution in [0.4, 0.5) is 0 Å². The second-order valence-electron chi connectivity index (χ2n) is 4.78. The highest BCUT2D eigenvalue weighted by molar-refractivity contribution is 7.99. The molecule has 1 aliphatic carbocycles. The van der Waals surface area contributed by atoms with Crippen LogP contribution in [0.3, 0.4) is 0 Å². The summed E-state index contributed by atoms with van der Waals surface area (Å²) in [5, 5.41) is 1.19. The number of imidazole rings is 1. The van der Waals surface area contributed by atoms with Crippen molar-refractivity contribution in [1.82, 2.24) is 9.38 Å². The molecule has 5 heteroatoms. The molecule has 1 aliphatic rings. The minimum atomic E-state index is 0.293. The Morgan fingerprint density at radius 1 is 1.48 bits per heavy atom. The number of alkyl halides is 1. The largest absolute Gasteiger partial charge is 0.497 e. The Bertz CT molecular complexity index is 693. The number of rotatable bonds is 5. The number of thioether (sulfide) groups is 1. The van der Waals surface area contributed by atoms with Crippen molar-refractivity contribution >= 4 is 29.0 Å². The highest BCUT2D eigenvalue weighted by Crippen LogP contribution is 2.34. The van der Waals surface area contributed by atoms with Crippen molar-refractivity contribution in [2.75, 3.05) is 18.7 Å². The molecular weight excluding hydrogens is 304 g/mol. The molecule has 1 atom stereocenters. The Kier molecular flexibility index (Phi) is 4.56. The van der Waals surface area contributed by atoms with Gasteiger partial charge in [-0.15, -0.1) is 23.4 Å². The molecule has 3 rings (SSSR count). The monoisotopic (exact) mass is 320 g/mol. The van der Waals surface area contributed by atoms with Crippen molar-refractivity contribution in [2.45, 2.75) is 17.4 Å². The van der Waals surface area contributed by atoms with Crippen LogP contribution in [-0.2, 0) is 4.74 Å². The van der Waals surface area contributed by atoms with E-state index in [4.69, 9.17) is 21.3 Å². The number of hydrogen-bond donors (Lipinski definition) is 0. The fourth-order valence-corrected chi connectivity index (χ4v) is 3.61. The number of hydrogen-bond acceptors (Lipinski definition) is 3. The SMILES string of the molecule is COC1=CCC(c2nc3ccccn3c2SCCCl)C=C1. The molecule has 0 spiro atoms. The van der Waals surface area contributed by atoms with E-state index in [-0.39, 0.29) is 0 Å². The van der Waals surface area contributed by atoms with Crippen LogP contribution in [0.25, 0.3) is 5.65 Å². The Morgan fingerprint density at radius 3 is 3.10 bits per heavy atom. The molecule has 110 valence electrons. The van der Waals surface area contributed by atoms with Gasteiger partial charge < -0.3 is 4.74 Å². The van der Waals surface area contributed by atoms with Gasteiger partial charge in [0.25, 0.3) is 0 Å². The van der Waals surface area contributed by atoms with Crippen molar-refractivity contribution in [3.05, 3.63) is 54.1 Å². The lowest BCUT2D eigenvalue weighted by molar-refractivity contribution is 0.303. The van der Waals surface area contributed by atoms with Gasteiger partial charge in [-0.05, 0) is 30.7 Å². The van der Waals surface area contributed by atoms with Crippen molar-refractivity contribution in [1.29, 1.82) is 0 Å². The minimum absolute atomic E-state index is 0.293. The highest BCUT2D eigenvalue weighted by Gasteiger charge is 2.20. The summed E-state index contributed by atoms with van der Waals surface area (Å²) in [6.07, 6.45) is 9.29. The second-order valence-corrected chi connectivity index (χ2v) is 6.24. The number of allylic oxidation sites excluding steroid dienone is 3. The van der Waals surface area contributed by atoms with Gasteiger partial charge in [-0.3, -0.25) is 4.40 Å². The lowest BCUT2D eigenvalue weighted by Gasteiger charge is -2.15. The van der Waals surface area contributed by atoms with Gasteiger partial charge in [0.05, 0.1) is 12.8 Å². The van der Waals surface area contributed by atoms with Gasteiger partial charge in [0, 0.05) is 23.7 Å². The summed E-state index contributed by atoms with van der Waals surface area (Å²) in [7, 11) is 1.70. The first-order valence-electron chi connectivity index (χ1n) is 6.91. The van der Waals surface area contributed by atoms with Crippen LogP contribution in [0.5, 0.6) is 0 Å². The fourth-order valence-electron chi connectivity index (χ4n) is 2.47. The minimum Gasteiger partial charge on any atom is -0.497 e. The van der Waals surface area contributed by atoms with E-state index < -0.39 is 0 Å². The van der Waals surface area contributed by atoms with Crippen LogP contribution in [0.15, 0.2) is 53.4 Å². The van der Waals surface area contributed by atoms with Crippen LogP contribution >= 0.6 is 23.4 Å². The summed E-state index contributed by atoms with van der Waals surface area (Å²) in [5.74, 6) is 2.73. The van der Waals surface area contributed by atoms with Gasteiger partial charge in [0.1, 0.15) is 16.4 Å². The zero-order valence-corrected chi connectivity index (χ0v) is 13.4. The Hall–Kier alpha value is -1.39. The third kappa shape index (κ3) is 2.97. The zero-order chi connectivity index (χ0) is 14.7. The topological polar surface area (TPSA) is 26.5 Å². The first kappa shape index (κ1) is 14.5. The fraction of sp³-hybridized carbons (Fsp3) is 0.312. The molecule has 3 nitrogen and oxygen atoms in total. The highest BCUT2D eigenvalue weighted by atomic mass is 35.5. The van der Waals surface area contributed by atoms with E-state index in [9.17, 15) is 0 Å². The quantitative estimate of drug-likeness (QED) is 0.609. The van der Waals surface area contributed by atoms with Crippen molar-refractivity contribution in [3.8, 4) is 0 Å². The molecule has 0 saturated heterocycles. The first-order chi connectivity index (χ1) is 10.3. The summed E-state index contributed by atoms with van der Waals surface area (Å²) >= 11 is 7.62. The number of ether oxygens (including phenoxy) is 1. The van der Waals surface area contributed by atoms with Crippen molar-refractivity contribution in [2.24, 2.45) is 0 Å². The normalized spacial score (nSPS) is 18.0. The maximum atomic E-state index is 5.86. The third-order valence-electron chi connectivity index (χ3n) is 3.48. The Labute approximate surface area is 133 Å². The molecule has 2 aromatic heterocycles. The van der Waals surface area contributed by atoms with Gasteiger partial charge in [-0.25, -0.2) is 4.98 Å². The van der Waals surface area contributed by atoms with Crippen molar-refractivity contribution in [3.63, 3.8) is 0 Å². The molecule has 21 heavy (non-hydrogen) atoms. The second kappa shape index (κ2) is 6.58. The standard InChI is InChI=1S/C16H17ClN2OS/c1-20-13-7-5-12(6-8-13)15-16(21-11-9-17)19-10-3-2-4-14(19)18-15/h2-5,7-8,10,12H,6,9,11H2,1H3. The zero-order valence-electron chi connectivity index (χ0n) is 11.8. The van der Waals surface area contributed by atoms with Crippen molar-refractivity contribution < 1.29 is 4.74 Å².